The first-order valence-corrected chi connectivity index (χ1v) is 8.31. The van der Waals surface area contributed by atoms with Crippen LogP contribution in [0.3, 0.4) is 0 Å². The summed E-state index contributed by atoms with van der Waals surface area (Å²) >= 11 is 1.51. The Morgan fingerprint density at radius 3 is 2.77 bits per heavy atom. The van der Waals surface area contributed by atoms with E-state index in [-0.39, 0.29) is 24.4 Å². The number of piperidine rings is 1. The van der Waals surface area contributed by atoms with E-state index in [1.807, 2.05) is 41.8 Å². The predicted molar refractivity (Wildman–Crippen MR) is 95.0 cm³/mol. The van der Waals surface area contributed by atoms with Crippen molar-refractivity contribution in [3.05, 3.63) is 46.7 Å². The summed E-state index contributed by atoms with van der Waals surface area (Å²) in [6.07, 6.45) is 2.16. The molecule has 1 saturated heterocycles. The van der Waals surface area contributed by atoms with Gasteiger partial charge in [0, 0.05) is 17.6 Å². The Balaban J connectivity index is 0.00000176. The molecule has 1 aromatic carbocycles. The first-order valence-electron chi connectivity index (χ1n) is 7.43. The lowest BCUT2D eigenvalue weighted by Gasteiger charge is -2.30. The number of hydrogen-bond acceptors (Lipinski definition) is 3. The molecule has 0 aliphatic carbocycles. The Morgan fingerprint density at radius 1 is 1.27 bits per heavy atom. The minimum Gasteiger partial charge on any atom is -0.347 e. The molecule has 118 valence electrons. The third-order valence-corrected chi connectivity index (χ3v) is 4.95. The molecule has 0 radical (unpaired) electrons. The summed E-state index contributed by atoms with van der Waals surface area (Å²) in [5.74, 6) is 0.0457. The molecule has 1 fully saturated rings. The fraction of sp³-hybridized carbons (Fsp3) is 0.353. The number of amides is 1. The minimum absolute atomic E-state index is 0. The lowest BCUT2D eigenvalue weighted by Crippen LogP contribution is -2.51. The number of carbonyl (C=O) groups is 1. The van der Waals surface area contributed by atoms with Gasteiger partial charge in [0.2, 0.25) is 0 Å². The largest absolute Gasteiger partial charge is 0.347 e. The first-order chi connectivity index (χ1) is 10.3. The molecule has 3 rings (SSSR count). The molecule has 2 N–H and O–H groups in total. The maximum Gasteiger partial charge on any atom is 0.262 e. The van der Waals surface area contributed by atoms with Crippen LogP contribution in [0.1, 0.15) is 29.4 Å². The highest BCUT2D eigenvalue weighted by Crippen LogP contribution is 2.28. The van der Waals surface area contributed by atoms with Crippen LogP contribution in [0.4, 0.5) is 0 Å². The van der Waals surface area contributed by atoms with Crippen molar-refractivity contribution in [2.75, 3.05) is 6.54 Å². The van der Waals surface area contributed by atoms with Crippen molar-refractivity contribution >= 4 is 29.7 Å². The summed E-state index contributed by atoms with van der Waals surface area (Å²) in [6, 6.07) is 12.7. The van der Waals surface area contributed by atoms with Gasteiger partial charge in [0.1, 0.15) is 0 Å². The van der Waals surface area contributed by atoms with Gasteiger partial charge in [-0.1, -0.05) is 30.3 Å². The third-order valence-electron chi connectivity index (χ3n) is 4.03. The van der Waals surface area contributed by atoms with Crippen LogP contribution in [-0.4, -0.2) is 24.5 Å². The number of carbonyl (C=O) groups excluding carboxylic acids is 1. The summed E-state index contributed by atoms with van der Waals surface area (Å²) in [5.41, 5.74) is 2.12. The Bertz CT molecular complexity index is 614. The second kappa shape index (κ2) is 7.77. The average Bonchev–Trinajstić information content (AvgIpc) is 3.00. The number of nitrogens with one attached hydrogen (secondary N) is 2. The van der Waals surface area contributed by atoms with E-state index in [0.29, 0.717) is 6.04 Å². The third kappa shape index (κ3) is 3.69. The maximum absolute atomic E-state index is 12.6. The van der Waals surface area contributed by atoms with E-state index in [9.17, 15) is 4.79 Å². The zero-order chi connectivity index (χ0) is 14.7. The number of benzene rings is 1. The summed E-state index contributed by atoms with van der Waals surface area (Å²) in [6.45, 7) is 3.18. The van der Waals surface area contributed by atoms with Crippen LogP contribution in [-0.2, 0) is 0 Å². The minimum atomic E-state index is 0. The van der Waals surface area contributed by atoms with Crippen molar-refractivity contribution in [3.63, 3.8) is 0 Å². The zero-order valence-corrected chi connectivity index (χ0v) is 14.2. The van der Waals surface area contributed by atoms with Gasteiger partial charge in [-0.25, -0.2) is 0 Å². The fourth-order valence-corrected chi connectivity index (χ4v) is 3.62. The molecule has 0 spiro atoms. The van der Waals surface area contributed by atoms with Crippen molar-refractivity contribution in [3.8, 4) is 11.1 Å². The SMILES string of the molecule is CC1NCCCC1NC(=O)c1sccc1-c1ccccc1.Cl. The molecule has 2 unspecified atom stereocenters. The summed E-state index contributed by atoms with van der Waals surface area (Å²) < 4.78 is 0. The van der Waals surface area contributed by atoms with Crippen LogP contribution in [0.2, 0.25) is 0 Å². The van der Waals surface area contributed by atoms with Gasteiger partial charge in [-0.2, -0.15) is 0 Å². The summed E-state index contributed by atoms with van der Waals surface area (Å²) in [7, 11) is 0. The molecule has 1 amide bonds. The van der Waals surface area contributed by atoms with Crippen LogP contribution in [0.25, 0.3) is 11.1 Å². The van der Waals surface area contributed by atoms with Crippen molar-refractivity contribution in [1.82, 2.24) is 10.6 Å². The van der Waals surface area contributed by atoms with Crippen molar-refractivity contribution < 1.29 is 4.79 Å². The molecule has 22 heavy (non-hydrogen) atoms. The van der Waals surface area contributed by atoms with Crippen LogP contribution >= 0.6 is 23.7 Å². The van der Waals surface area contributed by atoms with E-state index in [1.54, 1.807) is 0 Å². The van der Waals surface area contributed by atoms with E-state index in [2.05, 4.69) is 17.6 Å². The highest BCUT2D eigenvalue weighted by atomic mass is 35.5. The lowest BCUT2D eigenvalue weighted by atomic mass is 9.99. The van der Waals surface area contributed by atoms with E-state index in [0.717, 1.165) is 35.4 Å². The normalized spacial score (nSPS) is 21.0. The van der Waals surface area contributed by atoms with E-state index in [4.69, 9.17) is 0 Å². The first kappa shape index (κ1) is 17.0. The smallest absolute Gasteiger partial charge is 0.262 e. The molecule has 5 heteroatoms. The number of thiophene rings is 1. The van der Waals surface area contributed by atoms with Gasteiger partial charge in [0.15, 0.2) is 0 Å². The van der Waals surface area contributed by atoms with Gasteiger partial charge < -0.3 is 10.6 Å². The van der Waals surface area contributed by atoms with Gasteiger partial charge in [0.05, 0.1) is 4.88 Å². The molecule has 3 nitrogen and oxygen atoms in total. The molecule has 2 heterocycles. The standard InChI is InChI=1S/C17H20N2OS.ClH/c1-12-15(8-5-10-18-12)19-17(20)16-14(9-11-21-16)13-6-3-2-4-7-13;/h2-4,6-7,9,11-12,15,18H,5,8,10H2,1H3,(H,19,20);1H. The highest BCUT2D eigenvalue weighted by Gasteiger charge is 2.24. The lowest BCUT2D eigenvalue weighted by molar-refractivity contribution is 0.0924. The fourth-order valence-electron chi connectivity index (χ4n) is 2.81. The van der Waals surface area contributed by atoms with E-state index < -0.39 is 0 Å². The van der Waals surface area contributed by atoms with Crippen LogP contribution in [0.15, 0.2) is 41.8 Å². The Hall–Kier alpha value is -1.36. The van der Waals surface area contributed by atoms with Crippen LogP contribution in [0, 0.1) is 0 Å². The molecule has 0 saturated carbocycles. The molecular formula is C17H21ClN2OS. The molecule has 2 atom stereocenters. The average molecular weight is 337 g/mol. The second-order valence-electron chi connectivity index (χ2n) is 5.49. The van der Waals surface area contributed by atoms with Gasteiger partial charge in [0.25, 0.3) is 5.91 Å². The quantitative estimate of drug-likeness (QED) is 0.897. The van der Waals surface area contributed by atoms with Crippen LogP contribution in [0.5, 0.6) is 0 Å². The molecule has 1 aliphatic heterocycles. The van der Waals surface area contributed by atoms with Gasteiger partial charge >= 0.3 is 0 Å². The molecule has 2 aromatic rings. The second-order valence-corrected chi connectivity index (χ2v) is 6.41. The Morgan fingerprint density at radius 2 is 2.05 bits per heavy atom. The van der Waals surface area contributed by atoms with Crippen molar-refractivity contribution in [2.24, 2.45) is 0 Å². The highest BCUT2D eigenvalue weighted by molar-refractivity contribution is 7.12. The molecule has 0 bridgehead atoms. The van der Waals surface area contributed by atoms with E-state index in [1.165, 1.54) is 11.3 Å². The van der Waals surface area contributed by atoms with Gasteiger partial charge in [-0.05, 0) is 43.3 Å². The molecule has 1 aromatic heterocycles. The molecule has 1 aliphatic rings. The number of hydrogen-bond donors (Lipinski definition) is 2. The van der Waals surface area contributed by atoms with Crippen molar-refractivity contribution in [2.45, 2.75) is 31.8 Å². The van der Waals surface area contributed by atoms with E-state index >= 15 is 0 Å². The van der Waals surface area contributed by atoms with Crippen molar-refractivity contribution in [1.29, 1.82) is 0 Å². The number of halogens is 1. The predicted octanol–water partition coefficient (Wildman–Crippen LogP) is 3.71. The topological polar surface area (TPSA) is 41.1 Å². The Kier molecular flexibility index (Phi) is 6.00. The monoisotopic (exact) mass is 336 g/mol. The summed E-state index contributed by atoms with van der Waals surface area (Å²) in [4.78, 5) is 13.4. The summed E-state index contributed by atoms with van der Waals surface area (Å²) in [5, 5.41) is 8.59. The Labute approximate surface area is 141 Å². The van der Waals surface area contributed by atoms with Crippen LogP contribution < -0.4 is 10.6 Å². The van der Waals surface area contributed by atoms with Gasteiger partial charge in [-0.3, -0.25) is 4.79 Å². The maximum atomic E-state index is 12.6. The number of rotatable bonds is 3. The zero-order valence-electron chi connectivity index (χ0n) is 12.5. The van der Waals surface area contributed by atoms with Gasteiger partial charge in [-0.15, -0.1) is 23.7 Å². The molecular weight excluding hydrogens is 316 g/mol.